The third kappa shape index (κ3) is 2.29. The number of benzene rings is 1. The van der Waals surface area contributed by atoms with Crippen molar-refractivity contribution in [2.45, 2.75) is 6.42 Å². The number of aryl methyl sites for hydroxylation is 1. The molecule has 0 spiro atoms. The van der Waals surface area contributed by atoms with E-state index in [1.807, 2.05) is 0 Å². The molecule has 0 bridgehead atoms. The molecule has 0 N–H and O–H groups in total. The van der Waals surface area contributed by atoms with Gasteiger partial charge in [-0.15, -0.1) is 11.6 Å². The zero-order chi connectivity index (χ0) is 12.4. The van der Waals surface area contributed by atoms with Gasteiger partial charge in [0.15, 0.2) is 29.1 Å². The topological polar surface area (TPSA) is 26.0 Å². The highest BCUT2D eigenvalue weighted by Crippen LogP contribution is 2.26. The summed E-state index contributed by atoms with van der Waals surface area (Å²) in [6.45, 7) is 0. The lowest BCUT2D eigenvalue weighted by Crippen LogP contribution is -1.92. The van der Waals surface area contributed by atoms with Crippen molar-refractivity contribution in [3.63, 3.8) is 0 Å². The summed E-state index contributed by atoms with van der Waals surface area (Å²) in [5.74, 6) is -3.40. The SMILES string of the molecule is Fc1ccc(-c2cnc(CCCl)o2)c(F)c1F. The first-order valence-electron chi connectivity index (χ1n) is 4.78. The molecular formula is C11H7ClF3NO. The smallest absolute Gasteiger partial charge is 0.196 e. The van der Waals surface area contributed by atoms with E-state index in [-0.39, 0.29) is 11.3 Å². The van der Waals surface area contributed by atoms with Gasteiger partial charge in [0.05, 0.1) is 11.8 Å². The molecule has 1 aromatic carbocycles. The molecule has 0 radical (unpaired) electrons. The van der Waals surface area contributed by atoms with Crippen molar-refractivity contribution in [1.29, 1.82) is 0 Å². The number of hydrogen-bond donors (Lipinski definition) is 0. The van der Waals surface area contributed by atoms with Gasteiger partial charge in [-0.3, -0.25) is 0 Å². The molecule has 2 rings (SSSR count). The van der Waals surface area contributed by atoms with Gasteiger partial charge in [-0.25, -0.2) is 18.2 Å². The fourth-order valence-corrected chi connectivity index (χ4v) is 1.51. The summed E-state index contributed by atoms with van der Waals surface area (Å²) in [7, 11) is 0. The van der Waals surface area contributed by atoms with E-state index < -0.39 is 17.5 Å². The Hall–Kier alpha value is -1.49. The van der Waals surface area contributed by atoms with Crippen LogP contribution in [0.5, 0.6) is 0 Å². The van der Waals surface area contributed by atoms with Crippen LogP contribution >= 0.6 is 11.6 Å². The molecule has 0 atom stereocenters. The Balaban J connectivity index is 2.42. The van der Waals surface area contributed by atoms with Crippen molar-refractivity contribution in [1.82, 2.24) is 4.98 Å². The Morgan fingerprint density at radius 3 is 2.65 bits per heavy atom. The molecule has 2 nitrogen and oxygen atoms in total. The minimum atomic E-state index is -1.53. The molecule has 1 aromatic heterocycles. The average Bonchev–Trinajstić information content (AvgIpc) is 2.75. The zero-order valence-electron chi connectivity index (χ0n) is 8.51. The molecule has 0 fully saturated rings. The summed E-state index contributed by atoms with van der Waals surface area (Å²) >= 11 is 5.48. The molecule has 0 aliphatic heterocycles. The van der Waals surface area contributed by atoms with Crippen LogP contribution in [0.25, 0.3) is 11.3 Å². The fraction of sp³-hybridized carbons (Fsp3) is 0.182. The van der Waals surface area contributed by atoms with E-state index in [1.54, 1.807) is 0 Å². The van der Waals surface area contributed by atoms with Crippen molar-refractivity contribution in [2.24, 2.45) is 0 Å². The standard InChI is InChI=1S/C11H7ClF3NO/c12-4-3-9-16-5-8(17-9)6-1-2-7(13)11(15)10(6)14/h1-2,5H,3-4H2. The molecule has 90 valence electrons. The lowest BCUT2D eigenvalue weighted by Gasteiger charge is -2.00. The average molecular weight is 262 g/mol. The van der Waals surface area contributed by atoms with Crippen LogP contribution in [0.2, 0.25) is 0 Å². The second-order valence-corrected chi connectivity index (χ2v) is 3.66. The maximum absolute atomic E-state index is 13.4. The van der Waals surface area contributed by atoms with E-state index in [2.05, 4.69) is 4.98 Å². The first-order chi connectivity index (χ1) is 8.13. The van der Waals surface area contributed by atoms with Crippen molar-refractivity contribution < 1.29 is 17.6 Å². The Bertz CT molecular complexity index is 542. The third-order valence-electron chi connectivity index (χ3n) is 2.16. The van der Waals surface area contributed by atoms with Crippen LogP contribution in [0, 0.1) is 17.5 Å². The lowest BCUT2D eigenvalue weighted by molar-refractivity contribution is 0.444. The Morgan fingerprint density at radius 1 is 1.18 bits per heavy atom. The van der Waals surface area contributed by atoms with E-state index >= 15 is 0 Å². The van der Waals surface area contributed by atoms with Gasteiger partial charge in [-0.05, 0) is 12.1 Å². The van der Waals surface area contributed by atoms with Crippen LogP contribution in [0.15, 0.2) is 22.7 Å². The van der Waals surface area contributed by atoms with Crippen molar-refractivity contribution in [3.05, 3.63) is 41.7 Å². The predicted octanol–water partition coefficient (Wildman–Crippen LogP) is 3.54. The van der Waals surface area contributed by atoms with E-state index in [9.17, 15) is 13.2 Å². The highest BCUT2D eigenvalue weighted by atomic mass is 35.5. The molecule has 2 aromatic rings. The molecule has 0 saturated heterocycles. The number of rotatable bonds is 3. The van der Waals surface area contributed by atoms with E-state index in [0.717, 1.165) is 12.1 Å². The van der Waals surface area contributed by atoms with Gasteiger partial charge in [0.25, 0.3) is 0 Å². The zero-order valence-corrected chi connectivity index (χ0v) is 9.27. The minimum Gasteiger partial charge on any atom is -0.441 e. The first kappa shape index (κ1) is 12.0. The molecule has 17 heavy (non-hydrogen) atoms. The fourth-order valence-electron chi connectivity index (χ4n) is 1.35. The number of hydrogen-bond acceptors (Lipinski definition) is 2. The molecule has 0 saturated carbocycles. The van der Waals surface area contributed by atoms with Crippen LogP contribution < -0.4 is 0 Å². The quantitative estimate of drug-likeness (QED) is 0.624. The van der Waals surface area contributed by atoms with Crippen LogP contribution in [0.3, 0.4) is 0 Å². The molecule has 1 heterocycles. The molecule has 0 aliphatic carbocycles. The molecule has 0 amide bonds. The largest absolute Gasteiger partial charge is 0.441 e. The van der Waals surface area contributed by atoms with Crippen LogP contribution in [0.1, 0.15) is 5.89 Å². The summed E-state index contributed by atoms with van der Waals surface area (Å²) in [6.07, 6.45) is 1.63. The van der Waals surface area contributed by atoms with Gasteiger partial charge >= 0.3 is 0 Å². The Morgan fingerprint density at radius 2 is 1.94 bits per heavy atom. The summed E-state index contributed by atoms with van der Waals surface area (Å²) in [5.41, 5.74) is -0.169. The van der Waals surface area contributed by atoms with Crippen LogP contribution in [-0.4, -0.2) is 10.9 Å². The Kier molecular flexibility index (Phi) is 3.38. The van der Waals surface area contributed by atoms with Gasteiger partial charge in [-0.1, -0.05) is 0 Å². The second kappa shape index (κ2) is 4.79. The Labute approximate surface area is 100 Å². The van der Waals surface area contributed by atoms with Gasteiger partial charge < -0.3 is 4.42 Å². The summed E-state index contributed by atoms with van der Waals surface area (Å²) in [4.78, 5) is 3.84. The summed E-state index contributed by atoms with van der Waals surface area (Å²) in [6, 6.07) is 1.93. The minimum absolute atomic E-state index is 0.0431. The highest BCUT2D eigenvalue weighted by Gasteiger charge is 2.17. The molecule has 6 heteroatoms. The second-order valence-electron chi connectivity index (χ2n) is 3.28. The first-order valence-corrected chi connectivity index (χ1v) is 5.31. The van der Waals surface area contributed by atoms with E-state index in [4.69, 9.17) is 16.0 Å². The van der Waals surface area contributed by atoms with Crippen molar-refractivity contribution in [3.8, 4) is 11.3 Å². The normalized spacial score (nSPS) is 10.8. The van der Waals surface area contributed by atoms with E-state index in [1.165, 1.54) is 6.20 Å². The van der Waals surface area contributed by atoms with Crippen LogP contribution in [0.4, 0.5) is 13.2 Å². The maximum Gasteiger partial charge on any atom is 0.196 e. The van der Waals surface area contributed by atoms with Gasteiger partial charge in [0.2, 0.25) is 0 Å². The number of halogens is 4. The van der Waals surface area contributed by atoms with Crippen LogP contribution in [-0.2, 0) is 6.42 Å². The number of nitrogens with zero attached hydrogens (tertiary/aromatic N) is 1. The van der Waals surface area contributed by atoms with E-state index in [0.29, 0.717) is 18.2 Å². The van der Waals surface area contributed by atoms with Crippen molar-refractivity contribution in [2.75, 3.05) is 5.88 Å². The maximum atomic E-state index is 13.4. The van der Waals surface area contributed by atoms with Gasteiger partial charge in [-0.2, -0.15) is 0 Å². The summed E-state index contributed by atoms with van der Waals surface area (Å²) in [5, 5.41) is 0. The monoisotopic (exact) mass is 261 g/mol. The number of oxazole rings is 1. The van der Waals surface area contributed by atoms with Gasteiger partial charge in [0, 0.05) is 12.3 Å². The molecule has 0 aliphatic rings. The number of aromatic nitrogens is 1. The third-order valence-corrected chi connectivity index (χ3v) is 2.35. The van der Waals surface area contributed by atoms with Crippen molar-refractivity contribution >= 4 is 11.6 Å². The highest BCUT2D eigenvalue weighted by molar-refractivity contribution is 6.17. The summed E-state index contributed by atoms with van der Waals surface area (Å²) < 4.78 is 44.3. The predicted molar refractivity (Wildman–Crippen MR) is 56.2 cm³/mol. The number of alkyl halides is 1. The molecular weight excluding hydrogens is 255 g/mol. The molecule has 0 unspecified atom stereocenters. The lowest BCUT2D eigenvalue weighted by atomic mass is 10.1. The van der Waals surface area contributed by atoms with Gasteiger partial charge in [0.1, 0.15) is 0 Å².